The van der Waals surface area contributed by atoms with Crippen LogP contribution in [0.2, 0.25) is 0 Å². The zero-order chi connectivity index (χ0) is 15.8. The van der Waals surface area contributed by atoms with Crippen LogP contribution in [0.3, 0.4) is 0 Å². The van der Waals surface area contributed by atoms with E-state index in [1.165, 1.54) is 0 Å². The number of nitrogens with zero attached hydrogens (tertiary/aromatic N) is 2. The third-order valence-electron chi connectivity index (χ3n) is 2.98. The van der Waals surface area contributed by atoms with Gasteiger partial charge >= 0.3 is 0 Å². The number of hydrogen-bond donors (Lipinski definition) is 1. The van der Waals surface area contributed by atoms with Crippen LogP contribution in [0.15, 0.2) is 54.6 Å². The van der Waals surface area contributed by atoms with Gasteiger partial charge in [-0.3, -0.25) is 4.79 Å². The first-order valence-electron chi connectivity index (χ1n) is 6.68. The third kappa shape index (κ3) is 4.06. The van der Waals surface area contributed by atoms with Crippen LogP contribution in [0.1, 0.15) is 27.0 Å². The summed E-state index contributed by atoms with van der Waals surface area (Å²) in [5.41, 5.74) is 2.54. The highest BCUT2D eigenvalue weighted by atomic mass is 16.1. The van der Waals surface area contributed by atoms with E-state index >= 15 is 0 Å². The molecule has 4 nitrogen and oxygen atoms in total. The summed E-state index contributed by atoms with van der Waals surface area (Å²) in [6.07, 6.45) is 3.66. The highest BCUT2D eigenvalue weighted by Crippen LogP contribution is 2.06. The molecule has 2 aromatic carbocycles. The molecule has 106 valence electrons. The Kier molecular flexibility index (Phi) is 5.07. The summed E-state index contributed by atoms with van der Waals surface area (Å²) in [6.45, 7) is 0.385. The predicted octanol–water partition coefficient (Wildman–Crippen LogP) is 2.87. The van der Waals surface area contributed by atoms with Crippen LogP contribution >= 0.6 is 0 Å². The van der Waals surface area contributed by atoms with Crippen molar-refractivity contribution in [2.24, 2.45) is 0 Å². The second-order valence-corrected chi connectivity index (χ2v) is 4.54. The van der Waals surface area contributed by atoms with Crippen LogP contribution < -0.4 is 5.32 Å². The Morgan fingerprint density at radius 3 is 2.45 bits per heavy atom. The van der Waals surface area contributed by atoms with Gasteiger partial charge in [0.15, 0.2) is 0 Å². The molecule has 4 heteroatoms. The summed E-state index contributed by atoms with van der Waals surface area (Å²) < 4.78 is 0. The lowest BCUT2D eigenvalue weighted by molar-refractivity contribution is 0.0958. The number of hydrogen-bond acceptors (Lipinski definition) is 3. The van der Waals surface area contributed by atoms with Gasteiger partial charge in [0, 0.05) is 12.1 Å². The van der Waals surface area contributed by atoms with E-state index in [1.54, 1.807) is 36.4 Å². The molecule has 0 radical (unpaired) electrons. The molecule has 0 aromatic heterocycles. The van der Waals surface area contributed by atoms with Gasteiger partial charge in [0.25, 0.3) is 5.91 Å². The quantitative estimate of drug-likeness (QED) is 0.939. The molecule has 0 saturated heterocycles. The number of amides is 1. The van der Waals surface area contributed by atoms with Gasteiger partial charge in [-0.2, -0.15) is 10.5 Å². The van der Waals surface area contributed by atoms with Gasteiger partial charge in [0.2, 0.25) is 0 Å². The lowest BCUT2D eigenvalue weighted by atomic mass is 10.1. The molecule has 0 saturated carbocycles. The Balaban J connectivity index is 1.89. The van der Waals surface area contributed by atoms with Crippen molar-refractivity contribution in [3.05, 3.63) is 76.9 Å². The molecule has 0 aliphatic carbocycles. The number of benzene rings is 2. The van der Waals surface area contributed by atoms with Crippen LogP contribution in [-0.4, -0.2) is 12.5 Å². The average Bonchev–Trinajstić information content (AvgIpc) is 2.58. The van der Waals surface area contributed by atoms with Gasteiger partial charge < -0.3 is 5.32 Å². The second kappa shape index (κ2) is 7.42. The molecule has 2 aromatic rings. The number of carbonyl (C=O) groups is 1. The molecule has 0 atom stereocenters. The van der Waals surface area contributed by atoms with E-state index in [1.807, 2.05) is 30.4 Å². The van der Waals surface area contributed by atoms with E-state index < -0.39 is 0 Å². The molecule has 0 spiro atoms. The van der Waals surface area contributed by atoms with Crippen molar-refractivity contribution < 1.29 is 4.79 Å². The maximum atomic E-state index is 11.9. The topological polar surface area (TPSA) is 76.7 Å². The first-order chi connectivity index (χ1) is 10.7. The van der Waals surface area contributed by atoms with Crippen molar-refractivity contribution in [2.75, 3.05) is 6.54 Å². The van der Waals surface area contributed by atoms with E-state index in [-0.39, 0.29) is 5.91 Å². The Labute approximate surface area is 128 Å². The number of nitriles is 2. The molecule has 0 aliphatic rings. The molecule has 1 amide bonds. The van der Waals surface area contributed by atoms with Crippen molar-refractivity contribution in [1.29, 1.82) is 10.5 Å². The standard InChI is InChI=1S/C18H13N3O/c19-12-15-6-8-17(9-7-15)18(22)21-10-2-5-14-3-1-4-16(11-14)13-20/h1-9,11H,10H2,(H,21,22)/b5-2+. The van der Waals surface area contributed by atoms with Crippen LogP contribution in [0, 0.1) is 22.7 Å². The van der Waals surface area contributed by atoms with Gasteiger partial charge in [-0.15, -0.1) is 0 Å². The van der Waals surface area contributed by atoms with E-state index in [0.29, 0.717) is 23.2 Å². The first kappa shape index (κ1) is 15.0. The molecule has 0 heterocycles. The Bertz CT molecular complexity index is 777. The smallest absolute Gasteiger partial charge is 0.251 e. The maximum absolute atomic E-state index is 11.9. The number of rotatable bonds is 4. The zero-order valence-corrected chi connectivity index (χ0v) is 11.8. The Morgan fingerprint density at radius 2 is 1.77 bits per heavy atom. The maximum Gasteiger partial charge on any atom is 0.251 e. The normalized spacial score (nSPS) is 9.91. The van der Waals surface area contributed by atoms with Gasteiger partial charge in [-0.25, -0.2) is 0 Å². The fraction of sp³-hybridized carbons (Fsp3) is 0.0556. The summed E-state index contributed by atoms with van der Waals surface area (Å²) in [4.78, 5) is 11.9. The minimum Gasteiger partial charge on any atom is -0.349 e. The van der Waals surface area contributed by atoms with E-state index in [2.05, 4.69) is 11.4 Å². The summed E-state index contributed by atoms with van der Waals surface area (Å²) >= 11 is 0. The largest absolute Gasteiger partial charge is 0.349 e. The van der Waals surface area contributed by atoms with Crippen molar-refractivity contribution >= 4 is 12.0 Å². The Morgan fingerprint density at radius 1 is 1.05 bits per heavy atom. The number of carbonyl (C=O) groups excluding carboxylic acids is 1. The van der Waals surface area contributed by atoms with Gasteiger partial charge in [-0.05, 0) is 42.0 Å². The van der Waals surface area contributed by atoms with Crippen LogP contribution in [0.4, 0.5) is 0 Å². The SMILES string of the molecule is N#Cc1ccc(C(=O)NC/C=C/c2cccc(C#N)c2)cc1. The molecule has 0 fully saturated rings. The first-order valence-corrected chi connectivity index (χ1v) is 6.68. The van der Waals surface area contributed by atoms with Crippen LogP contribution in [-0.2, 0) is 0 Å². The highest BCUT2D eigenvalue weighted by molar-refractivity contribution is 5.94. The lowest BCUT2D eigenvalue weighted by Crippen LogP contribution is -2.23. The fourth-order valence-corrected chi connectivity index (χ4v) is 1.86. The van der Waals surface area contributed by atoms with Crippen molar-refractivity contribution in [3.63, 3.8) is 0 Å². The molecule has 0 aliphatic heterocycles. The monoisotopic (exact) mass is 287 g/mol. The van der Waals surface area contributed by atoms with Crippen molar-refractivity contribution in [1.82, 2.24) is 5.32 Å². The Hall–Kier alpha value is -3.37. The summed E-state index contributed by atoms with van der Waals surface area (Å²) in [5, 5.41) is 20.3. The molecule has 0 bridgehead atoms. The minimum atomic E-state index is -0.195. The second-order valence-electron chi connectivity index (χ2n) is 4.54. The van der Waals surface area contributed by atoms with Crippen LogP contribution in [0.25, 0.3) is 6.08 Å². The summed E-state index contributed by atoms with van der Waals surface area (Å²) in [5.74, 6) is -0.195. The van der Waals surface area contributed by atoms with Gasteiger partial charge in [0.1, 0.15) is 0 Å². The summed E-state index contributed by atoms with van der Waals surface area (Å²) in [7, 11) is 0. The molecule has 1 N–H and O–H groups in total. The van der Waals surface area contributed by atoms with Gasteiger partial charge in [-0.1, -0.05) is 24.3 Å². The molecular weight excluding hydrogens is 274 g/mol. The average molecular weight is 287 g/mol. The van der Waals surface area contributed by atoms with Gasteiger partial charge in [0.05, 0.1) is 23.3 Å². The predicted molar refractivity (Wildman–Crippen MR) is 83.7 cm³/mol. The zero-order valence-electron chi connectivity index (χ0n) is 11.8. The molecule has 22 heavy (non-hydrogen) atoms. The number of nitrogens with one attached hydrogen (secondary N) is 1. The minimum absolute atomic E-state index is 0.195. The summed E-state index contributed by atoms with van der Waals surface area (Å²) in [6, 6.07) is 17.8. The van der Waals surface area contributed by atoms with E-state index in [0.717, 1.165) is 5.56 Å². The molecular formula is C18H13N3O. The van der Waals surface area contributed by atoms with E-state index in [4.69, 9.17) is 10.5 Å². The van der Waals surface area contributed by atoms with Crippen LogP contribution in [0.5, 0.6) is 0 Å². The lowest BCUT2D eigenvalue weighted by Gasteiger charge is -2.02. The molecule has 2 rings (SSSR count). The third-order valence-corrected chi connectivity index (χ3v) is 2.98. The molecule has 0 unspecified atom stereocenters. The van der Waals surface area contributed by atoms with Crippen molar-refractivity contribution in [3.8, 4) is 12.1 Å². The fourth-order valence-electron chi connectivity index (χ4n) is 1.86. The van der Waals surface area contributed by atoms with E-state index in [9.17, 15) is 4.79 Å². The highest BCUT2D eigenvalue weighted by Gasteiger charge is 2.03. The van der Waals surface area contributed by atoms with Crippen molar-refractivity contribution in [2.45, 2.75) is 0 Å².